The van der Waals surface area contributed by atoms with E-state index in [4.69, 9.17) is 4.74 Å². The molecule has 90 valence electrons. The number of ether oxygens (including phenoxy) is 1. The van der Waals surface area contributed by atoms with Gasteiger partial charge in [-0.3, -0.25) is 0 Å². The third-order valence-corrected chi connectivity index (χ3v) is 3.37. The Labute approximate surface area is 104 Å². The van der Waals surface area contributed by atoms with Crippen molar-refractivity contribution in [3.8, 4) is 0 Å². The smallest absolute Gasteiger partial charge is 0.369 e. The van der Waals surface area contributed by atoms with Crippen molar-refractivity contribution >= 4 is 29.7 Å². The summed E-state index contributed by atoms with van der Waals surface area (Å²) in [5.41, 5.74) is 0. The van der Waals surface area contributed by atoms with Crippen molar-refractivity contribution in [3.63, 3.8) is 0 Å². The second-order valence-corrected chi connectivity index (χ2v) is 4.36. The zero-order valence-electron chi connectivity index (χ0n) is 8.93. The molecule has 1 aromatic rings. The maximum Gasteiger partial charge on any atom is 0.369 e. The number of carbonyl (C=O) groups is 1. The molecule has 5 nitrogen and oxygen atoms in total. The van der Waals surface area contributed by atoms with Gasteiger partial charge < -0.3 is 10.1 Å². The molecule has 0 saturated carbocycles. The van der Waals surface area contributed by atoms with Gasteiger partial charge >= 0.3 is 5.97 Å². The number of hydrogen-bond donors (Lipinski definition) is 1. The van der Waals surface area contributed by atoms with Gasteiger partial charge in [0.15, 0.2) is 0 Å². The van der Waals surface area contributed by atoms with Crippen LogP contribution in [0.2, 0.25) is 0 Å². The molecule has 1 saturated heterocycles. The predicted molar refractivity (Wildman–Crippen MR) is 63.3 cm³/mol. The standard InChI is InChI=1S/C9H13N3O2S.ClH/c1-2-14-9(13)8-12-11-7(15-8)6-3-4-10-5-6;/h6,10H,2-5H2,1H3;1H. The highest BCUT2D eigenvalue weighted by molar-refractivity contribution is 7.13. The quantitative estimate of drug-likeness (QED) is 0.831. The Hall–Kier alpha value is -0.720. The van der Waals surface area contributed by atoms with Gasteiger partial charge in [0, 0.05) is 12.5 Å². The van der Waals surface area contributed by atoms with E-state index in [1.807, 2.05) is 0 Å². The molecular weight excluding hydrogens is 250 g/mol. The highest BCUT2D eigenvalue weighted by Crippen LogP contribution is 2.25. The van der Waals surface area contributed by atoms with Crippen LogP contribution in [-0.4, -0.2) is 35.9 Å². The number of nitrogens with zero attached hydrogens (tertiary/aromatic N) is 2. The zero-order chi connectivity index (χ0) is 10.7. The fraction of sp³-hybridized carbons (Fsp3) is 0.667. The lowest BCUT2D eigenvalue weighted by atomic mass is 10.1. The van der Waals surface area contributed by atoms with Gasteiger partial charge in [-0.15, -0.1) is 22.6 Å². The third kappa shape index (κ3) is 2.90. The summed E-state index contributed by atoms with van der Waals surface area (Å²) in [6, 6.07) is 0. The summed E-state index contributed by atoms with van der Waals surface area (Å²) in [5, 5.41) is 12.4. The van der Waals surface area contributed by atoms with Crippen LogP contribution in [0.3, 0.4) is 0 Å². The fourth-order valence-electron chi connectivity index (χ4n) is 1.54. The highest BCUT2D eigenvalue weighted by atomic mass is 35.5. The second kappa shape index (κ2) is 6.12. The predicted octanol–water partition coefficient (Wildman–Crippen LogP) is 1.21. The maximum absolute atomic E-state index is 11.3. The van der Waals surface area contributed by atoms with Crippen LogP contribution >= 0.6 is 23.7 Å². The van der Waals surface area contributed by atoms with Gasteiger partial charge in [0.1, 0.15) is 5.01 Å². The molecule has 1 unspecified atom stereocenters. The van der Waals surface area contributed by atoms with Gasteiger partial charge in [-0.2, -0.15) is 0 Å². The molecule has 0 spiro atoms. The van der Waals surface area contributed by atoms with E-state index in [9.17, 15) is 4.79 Å². The van der Waals surface area contributed by atoms with Crippen LogP contribution in [0.5, 0.6) is 0 Å². The van der Waals surface area contributed by atoms with Gasteiger partial charge in [0.2, 0.25) is 5.01 Å². The first-order valence-corrected chi connectivity index (χ1v) is 5.84. The lowest BCUT2D eigenvalue weighted by Crippen LogP contribution is -2.07. The molecule has 1 N–H and O–H groups in total. The SMILES string of the molecule is CCOC(=O)c1nnc(C2CCNC2)s1.Cl. The van der Waals surface area contributed by atoms with Crippen molar-refractivity contribution in [2.45, 2.75) is 19.3 Å². The number of halogens is 1. The van der Waals surface area contributed by atoms with Gasteiger partial charge in [0.25, 0.3) is 0 Å². The van der Waals surface area contributed by atoms with E-state index in [1.54, 1.807) is 6.92 Å². The first-order valence-electron chi connectivity index (χ1n) is 5.02. The van der Waals surface area contributed by atoms with E-state index >= 15 is 0 Å². The lowest BCUT2D eigenvalue weighted by molar-refractivity contribution is 0.0525. The topological polar surface area (TPSA) is 64.1 Å². The Kier molecular flexibility index (Phi) is 5.11. The van der Waals surface area contributed by atoms with E-state index < -0.39 is 0 Å². The van der Waals surface area contributed by atoms with Crippen molar-refractivity contribution in [3.05, 3.63) is 10.0 Å². The number of rotatable bonds is 3. The molecule has 1 atom stereocenters. The molecule has 1 fully saturated rings. The molecule has 7 heteroatoms. The van der Waals surface area contributed by atoms with Gasteiger partial charge in [0.05, 0.1) is 6.61 Å². The Morgan fingerprint density at radius 2 is 2.44 bits per heavy atom. The van der Waals surface area contributed by atoms with Crippen LogP contribution in [0.25, 0.3) is 0 Å². The van der Waals surface area contributed by atoms with Gasteiger partial charge in [-0.1, -0.05) is 11.3 Å². The summed E-state index contributed by atoms with van der Waals surface area (Å²) in [4.78, 5) is 11.3. The summed E-state index contributed by atoms with van der Waals surface area (Å²) in [5.74, 6) is 0.0397. The minimum Gasteiger partial charge on any atom is -0.461 e. The first kappa shape index (κ1) is 13.3. The van der Waals surface area contributed by atoms with E-state index in [0.29, 0.717) is 17.5 Å². The van der Waals surface area contributed by atoms with E-state index in [1.165, 1.54) is 11.3 Å². The average molecular weight is 264 g/mol. The summed E-state index contributed by atoms with van der Waals surface area (Å²) in [6.07, 6.45) is 1.07. The average Bonchev–Trinajstić information content (AvgIpc) is 2.89. The van der Waals surface area contributed by atoms with Crippen LogP contribution in [0, 0.1) is 0 Å². The van der Waals surface area contributed by atoms with Crippen LogP contribution in [0.4, 0.5) is 0 Å². The molecule has 0 aliphatic carbocycles. The molecule has 0 amide bonds. The third-order valence-electron chi connectivity index (χ3n) is 2.30. The Bertz CT molecular complexity index is 352. The minimum absolute atomic E-state index is 0. The summed E-state index contributed by atoms with van der Waals surface area (Å²) in [6.45, 7) is 4.09. The van der Waals surface area contributed by atoms with E-state index in [-0.39, 0.29) is 18.4 Å². The van der Waals surface area contributed by atoms with Crippen LogP contribution in [0.15, 0.2) is 0 Å². The van der Waals surface area contributed by atoms with Crippen LogP contribution < -0.4 is 5.32 Å². The number of hydrogen-bond acceptors (Lipinski definition) is 6. The van der Waals surface area contributed by atoms with Crippen LogP contribution in [0.1, 0.15) is 34.1 Å². The van der Waals surface area contributed by atoms with Crippen molar-refractivity contribution in [1.82, 2.24) is 15.5 Å². The molecule has 1 aliphatic rings. The molecule has 0 bridgehead atoms. The molecule has 2 heterocycles. The lowest BCUT2D eigenvalue weighted by Gasteiger charge is -2.00. The highest BCUT2D eigenvalue weighted by Gasteiger charge is 2.22. The normalized spacial score (nSPS) is 19.2. The summed E-state index contributed by atoms with van der Waals surface area (Å²) >= 11 is 1.34. The molecule has 0 aromatic carbocycles. The summed E-state index contributed by atoms with van der Waals surface area (Å²) in [7, 11) is 0. The van der Waals surface area contributed by atoms with E-state index in [2.05, 4.69) is 15.5 Å². The Morgan fingerprint density at radius 1 is 1.62 bits per heavy atom. The first-order chi connectivity index (χ1) is 7.31. The maximum atomic E-state index is 11.3. The number of aromatic nitrogens is 2. The Morgan fingerprint density at radius 3 is 3.06 bits per heavy atom. The minimum atomic E-state index is -0.368. The largest absolute Gasteiger partial charge is 0.461 e. The number of nitrogens with one attached hydrogen (secondary N) is 1. The second-order valence-electron chi connectivity index (χ2n) is 3.36. The molecular formula is C9H14ClN3O2S. The van der Waals surface area contributed by atoms with Gasteiger partial charge in [-0.25, -0.2) is 4.79 Å². The van der Waals surface area contributed by atoms with E-state index in [0.717, 1.165) is 24.5 Å². The number of esters is 1. The molecule has 16 heavy (non-hydrogen) atoms. The summed E-state index contributed by atoms with van der Waals surface area (Å²) < 4.78 is 4.86. The zero-order valence-corrected chi connectivity index (χ0v) is 10.6. The van der Waals surface area contributed by atoms with Crippen molar-refractivity contribution in [1.29, 1.82) is 0 Å². The molecule has 1 aromatic heterocycles. The van der Waals surface area contributed by atoms with Gasteiger partial charge in [-0.05, 0) is 19.9 Å². The molecule has 2 rings (SSSR count). The Balaban J connectivity index is 0.00000128. The van der Waals surface area contributed by atoms with Crippen molar-refractivity contribution in [2.75, 3.05) is 19.7 Å². The number of carbonyl (C=O) groups excluding carboxylic acids is 1. The van der Waals surface area contributed by atoms with Crippen molar-refractivity contribution < 1.29 is 9.53 Å². The molecule has 0 radical (unpaired) electrons. The van der Waals surface area contributed by atoms with Crippen LogP contribution in [-0.2, 0) is 4.74 Å². The molecule has 1 aliphatic heterocycles. The fourth-order valence-corrected chi connectivity index (χ4v) is 2.41. The van der Waals surface area contributed by atoms with Crippen molar-refractivity contribution in [2.24, 2.45) is 0 Å². The monoisotopic (exact) mass is 263 g/mol.